The van der Waals surface area contributed by atoms with Crippen molar-refractivity contribution in [1.29, 1.82) is 0 Å². The van der Waals surface area contributed by atoms with E-state index in [0.717, 1.165) is 30.9 Å². The Kier molecular flexibility index (Phi) is 6.32. The molecular formula is C19H26F2. The Hall–Kier alpha value is -1.44. The first-order chi connectivity index (χ1) is 9.75. The summed E-state index contributed by atoms with van der Waals surface area (Å²) in [5, 5.41) is 0. The summed E-state index contributed by atoms with van der Waals surface area (Å²) in [6.07, 6.45) is 6.38. The largest absolute Gasteiger partial charge is 0.270 e. The summed E-state index contributed by atoms with van der Waals surface area (Å²) in [7, 11) is 0. The van der Waals surface area contributed by atoms with Gasteiger partial charge in [0, 0.05) is 12.5 Å². The Morgan fingerprint density at radius 1 is 1.24 bits per heavy atom. The van der Waals surface area contributed by atoms with E-state index in [1.807, 2.05) is 19.1 Å². The molecule has 0 spiro atoms. The van der Waals surface area contributed by atoms with Crippen molar-refractivity contribution in [2.75, 3.05) is 0 Å². The summed E-state index contributed by atoms with van der Waals surface area (Å²) in [5.41, 5.74) is 3.32. The summed E-state index contributed by atoms with van der Waals surface area (Å²) < 4.78 is 26.8. The van der Waals surface area contributed by atoms with E-state index in [1.165, 1.54) is 11.6 Å². The molecule has 0 aliphatic rings. The van der Waals surface area contributed by atoms with E-state index in [2.05, 4.69) is 26.8 Å². The van der Waals surface area contributed by atoms with Gasteiger partial charge in [0.05, 0.1) is 0 Å². The quantitative estimate of drug-likeness (QED) is 0.519. The molecular weight excluding hydrogens is 266 g/mol. The van der Waals surface area contributed by atoms with Crippen molar-refractivity contribution < 1.29 is 8.78 Å². The van der Waals surface area contributed by atoms with Crippen LogP contribution in [0, 0.1) is 5.92 Å². The molecule has 1 rings (SSSR count). The Morgan fingerprint density at radius 3 is 2.43 bits per heavy atom. The number of hydrogen-bond donors (Lipinski definition) is 0. The van der Waals surface area contributed by atoms with Crippen molar-refractivity contribution in [1.82, 2.24) is 0 Å². The highest BCUT2D eigenvalue weighted by atomic mass is 19.3. The fourth-order valence-corrected chi connectivity index (χ4v) is 2.22. The predicted octanol–water partition coefficient (Wildman–Crippen LogP) is 6.58. The van der Waals surface area contributed by atoms with Crippen LogP contribution in [-0.2, 0) is 5.92 Å². The lowest BCUT2D eigenvalue weighted by atomic mass is 9.96. The number of allylic oxidation sites excluding steroid dienone is 4. The summed E-state index contributed by atoms with van der Waals surface area (Å²) in [4.78, 5) is 0. The maximum Gasteiger partial charge on any atom is 0.270 e. The summed E-state index contributed by atoms with van der Waals surface area (Å²) >= 11 is 0. The van der Waals surface area contributed by atoms with E-state index < -0.39 is 5.92 Å². The van der Waals surface area contributed by atoms with Crippen LogP contribution in [0.15, 0.2) is 42.0 Å². The molecule has 21 heavy (non-hydrogen) atoms. The van der Waals surface area contributed by atoms with Gasteiger partial charge >= 0.3 is 0 Å². The normalized spacial score (nSPS) is 13.9. The minimum absolute atomic E-state index is 0.0642. The van der Waals surface area contributed by atoms with E-state index in [-0.39, 0.29) is 5.56 Å². The standard InChI is InChI=1S/C19H26F2/c1-6-8-16(14(2)3)12-11-15(4)17-9-7-10-18(13-17)19(5,20)21/h7,9-14H,6,8H2,1-5H3/b15-11+,16-12+. The van der Waals surface area contributed by atoms with Crippen molar-refractivity contribution in [3.63, 3.8) is 0 Å². The molecule has 1 aromatic rings. The molecule has 0 atom stereocenters. The highest BCUT2D eigenvalue weighted by Gasteiger charge is 2.24. The van der Waals surface area contributed by atoms with Crippen LogP contribution in [0.2, 0.25) is 0 Å². The van der Waals surface area contributed by atoms with E-state index in [9.17, 15) is 8.78 Å². The van der Waals surface area contributed by atoms with Gasteiger partial charge in [-0.3, -0.25) is 0 Å². The molecule has 0 aliphatic heterocycles. The van der Waals surface area contributed by atoms with Gasteiger partial charge in [0.1, 0.15) is 0 Å². The smallest absolute Gasteiger partial charge is 0.202 e. The molecule has 0 unspecified atom stereocenters. The zero-order chi connectivity index (χ0) is 16.0. The van der Waals surface area contributed by atoms with Crippen LogP contribution in [0.3, 0.4) is 0 Å². The Bertz CT molecular complexity index is 517. The first-order valence-corrected chi connectivity index (χ1v) is 7.61. The summed E-state index contributed by atoms with van der Waals surface area (Å²) in [6, 6.07) is 6.63. The molecule has 0 saturated heterocycles. The lowest BCUT2D eigenvalue weighted by molar-refractivity contribution is 0.0174. The maximum atomic E-state index is 13.4. The first kappa shape index (κ1) is 17.6. The average molecular weight is 292 g/mol. The fraction of sp³-hybridized carbons (Fsp3) is 0.474. The van der Waals surface area contributed by atoms with Gasteiger partial charge in [-0.1, -0.05) is 63.1 Å². The number of benzene rings is 1. The van der Waals surface area contributed by atoms with Crippen LogP contribution >= 0.6 is 0 Å². The van der Waals surface area contributed by atoms with E-state index in [0.29, 0.717) is 5.92 Å². The highest BCUT2D eigenvalue weighted by molar-refractivity contribution is 5.66. The molecule has 0 fully saturated rings. The second kappa shape index (κ2) is 7.53. The second-order valence-corrected chi connectivity index (χ2v) is 5.97. The third-order valence-corrected chi connectivity index (χ3v) is 3.65. The molecule has 116 valence electrons. The molecule has 0 amide bonds. The minimum atomic E-state index is -2.79. The number of halogens is 2. The van der Waals surface area contributed by atoms with Crippen LogP contribution in [0.4, 0.5) is 8.78 Å². The monoisotopic (exact) mass is 292 g/mol. The summed E-state index contributed by atoms with van der Waals surface area (Å²) in [6.45, 7) is 9.43. The van der Waals surface area contributed by atoms with Gasteiger partial charge < -0.3 is 0 Å². The van der Waals surface area contributed by atoms with Gasteiger partial charge in [-0.15, -0.1) is 0 Å². The van der Waals surface area contributed by atoms with Crippen molar-refractivity contribution in [3.05, 3.63) is 53.1 Å². The lowest BCUT2D eigenvalue weighted by Gasteiger charge is -2.12. The van der Waals surface area contributed by atoms with Crippen LogP contribution in [-0.4, -0.2) is 0 Å². The van der Waals surface area contributed by atoms with Gasteiger partial charge in [0.2, 0.25) is 0 Å². The molecule has 0 bridgehead atoms. The van der Waals surface area contributed by atoms with Crippen molar-refractivity contribution in [2.45, 2.75) is 53.4 Å². The fourth-order valence-electron chi connectivity index (χ4n) is 2.22. The molecule has 1 aromatic carbocycles. The molecule has 0 aromatic heterocycles. The van der Waals surface area contributed by atoms with E-state index in [1.54, 1.807) is 12.1 Å². The topological polar surface area (TPSA) is 0 Å². The number of rotatable bonds is 6. The van der Waals surface area contributed by atoms with Crippen LogP contribution in [0.5, 0.6) is 0 Å². The number of hydrogen-bond acceptors (Lipinski definition) is 0. The molecule has 2 heteroatoms. The van der Waals surface area contributed by atoms with Gasteiger partial charge in [-0.2, -0.15) is 0 Å². The predicted molar refractivity (Wildman–Crippen MR) is 87.5 cm³/mol. The highest BCUT2D eigenvalue weighted by Crippen LogP contribution is 2.29. The Morgan fingerprint density at radius 2 is 1.90 bits per heavy atom. The third kappa shape index (κ3) is 5.45. The molecule has 0 aliphatic carbocycles. The first-order valence-electron chi connectivity index (χ1n) is 7.61. The van der Waals surface area contributed by atoms with Gasteiger partial charge in [-0.05, 0) is 36.5 Å². The van der Waals surface area contributed by atoms with Crippen molar-refractivity contribution in [2.24, 2.45) is 5.92 Å². The molecule has 0 N–H and O–H groups in total. The zero-order valence-corrected chi connectivity index (χ0v) is 13.7. The van der Waals surface area contributed by atoms with Crippen LogP contribution < -0.4 is 0 Å². The Labute approximate surface area is 127 Å². The van der Waals surface area contributed by atoms with E-state index >= 15 is 0 Å². The second-order valence-electron chi connectivity index (χ2n) is 5.97. The van der Waals surface area contributed by atoms with Crippen molar-refractivity contribution in [3.8, 4) is 0 Å². The Balaban J connectivity index is 3.05. The number of alkyl halides is 2. The molecule has 0 nitrogen and oxygen atoms in total. The van der Waals surface area contributed by atoms with Gasteiger partial charge in [0.15, 0.2) is 0 Å². The third-order valence-electron chi connectivity index (χ3n) is 3.65. The molecule has 0 heterocycles. The summed E-state index contributed by atoms with van der Waals surface area (Å²) in [5.74, 6) is -2.28. The van der Waals surface area contributed by atoms with Gasteiger partial charge in [0.25, 0.3) is 5.92 Å². The SMILES string of the molecule is CCC/C(=C\C=C(/C)c1cccc(C(C)(F)F)c1)C(C)C. The lowest BCUT2D eigenvalue weighted by Crippen LogP contribution is -2.06. The molecule has 0 saturated carbocycles. The average Bonchev–Trinajstić information content (AvgIpc) is 2.42. The zero-order valence-electron chi connectivity index (χ0n) is 13.7. The van der Waals surface area contributed by atoms with Crippen molar-refractivity contribution >= 4 is 5.57 Å². The van der Waals surface area contributed by atoms with Gasteiger partial charge in [-0.25, -0.2) is 8.78 Å². The van der Waals surface area contributed by atoms with Crippen LogP contribution in [0.1, 0.15) is 58.6 Å². The molecule has 0 radical (unpaired) electrons. The minimum Gasteiger partial charge on any atom is -0.202 e. The van der Waals surface area contributed by atoms with E-state index in [4.69, 9.17) is 0 Å². The maximum absolute atomic E-state index is 13.4. The van der Waals surface area contributed by atoms with Crippen LogP contribution in [0.25, 0.3) is 5.57 Å².